The predicted molar refractivity (Wildman–Crippen MR) is 139 cm³/mol. The summed E-state index contributed by atoms with van der Waals surface area (Å²) in [4.78, 5) is 40.1. The van der Waals surface area contributed by atoms with Crippen molar-refractivity contribution in [3.8, 4) is 5.88 Å². The first kappa shape index (κ1) is 29.2. The van der Waals surface area contributed by atoms with Crippen LogP contribution >= 0.6 is 0 Å². The minimum atomic E-state index is -4.18. The minimum absolute atomic E-state index is 0.0622. The van der Waals surface area contributed by atoms with Crippen molar-refractivity contribution in [3.05, 3.63) is 89.4 Å². The Bertz CT molecular complexity index is 1390. The number of sulfonamides is 1. The lowest BCUT2D eigenvalue weighted by atomic mass is 10.1. The number of hydrogen-bond acceptors (Lipinski definition) is 8. The zero-order valence-corrected chi connectivity index (χ0v) is 22.2. The van der Waals surface area contributed by atoms with Crippen LogP contribution in [0.2, 0.25) is 0 Å². The molecule has 2 amide bonds. The van der Waals surface area contributed by atoms with Gasteiger partial charge < -0.3 is 14.8 Å². The fraction of sp³-hybridized carbons (Fsp3) is 0.259. The molecule has 0 aliphatic heterocycles. The number of amides is 2. The van der Waals surface area contributed by atoms with Gasteiger partial charge in [0.05, 0.1) is 10.5 Å². The standard InChI is InChI=1S/C27H28FN3O7S/c1-3-22(4-2)37-27(34)38-24-14-9-20(17-30-24)26(33)31-39(35,36)23-12-5-18(6-13-23)15-16-29-25(32)19-7-10-21(28)11-8-19/h5-14,17,22H,3-4,15-16H2,1-2H3,(H,29,32)(H,31,33). The Morgan fingerprint density at radius 3 is 2.13 bits per heavy atom. The fourth-order valence-electron chi connectivity index (χ4n) is 3.37. The molecule has 10 nitrogen and oxygen atoms in total. The summed E-state index contributed by atoms with van der Waals surface area (Å²) in [6.07, 6.45) is 1.56. The van der Waals surface area contributed by atoms with E-state index in [4.69, 9.17) is 9.47 Å². The molecule has 206 valence electrons. The topological polar surface area (TPSA) is 141 Å². The number of halogens is 1. The maximum absolute atomic E-state index is 13.0. The predicted octanol–water partition coefficient (Wildman–Crippen LogP) is 4.02. The number of hydrogen-bond donors (Lipinski definition) is 2. The first-order chi connectivity index (χ1) is 18.6. The monoisotopic (exact) mass is 557 g/mol. The molecule has 12 heteroatoms. The second-order valence-electron chi connectivity index (χ2n) is 8.38. The Morgan fingerprint density at radius 1 is 0.897 bits per heavy atom. The van der Waals surface area contributed by atoms with E-state index in [1.54, 1.807) is 12.1 Å². The van der Waals surface area contributed by atoms with Crippen molar-refractivity contribution in [2.24, 2.45) is 0 Å². The van der Waals surface area contributed by atoms with Crippen molar-refractivity contribution in [3.63, 3.8) is 0 Å². The molecule has 3 rings (SSSR count). The van der Waals surface area contributed by atoms with E-state index in [-0.39, 0.29) is 34.9 Å². The van der Waals surface area contributed by atoms with Crippen molar-refractivity contribution in [2.75, 3.05) is 6.54 Å². The van der Waals surface area contributed by atoms with Gasteiger partial charge in [-0.05, 0) is 67.3 Å². The third-order valence-corrected chi connectivity index (χ3v) is 6.97. The number of nitrogens with one attached hydrogen (secondary N) is 2. The van der Waals surface area contributed by atoms with Gasteiger partial charge >= 0.3 is 6.16 Å². The third kappa shape index (κ3) is 8.60. The molecule has 0 aliphatic rings. The van der Waals surface area contributed by atoms with Crippen LogP contribution < -0.4 is 14.8 Å². The maximum Gasteiger partial charge on any atom is 0.515 e. The Labute approximate surface area is 225 Å². The molecular formula is C27H28FN3O7S. The molecule has 0 aliphatic carbocycles. The highest BCUT2D eigenvalue weighted by Gasteiger charge is 2.20. The van der Waals surface area contributed by atoms with Gasteiger partial charge in [0.25, 0.3) is 21.8 Å². The van der Waals surface area contributed by atoms with E-state index in [9.17, 15) is 27.2 Å². The lowest BCUT2D eigenvalue weighted by Gasteiger charge is -2.13. The SMILES string of the molecule is CCC(CC)OC(=O)Oc1ccc(C(=O)NS(=O)(=O)c2ccc(CCNC(=O)c3ccc(F)cc3)cc2)cn1. The van der Waals surface area contributed by atoms with E-state index in [2.05, 4.69) is 10.3 Å². The molecule has 0 spiro atoms. The highest BCUT2D eigenvalue weighted by atomic mass is 32.2. The van der Waals surface area contributed by atoms with E-state index in [1.165, 1.54) is 48.5 Å². The van der Waals surface area contributed by atoms with Gasteiger partial charge in [0, 0.05) is 24.4 Å². The van der Waals surface area contributed by atoms with Gasteiger partial charge in [0.15, 0.2) is 0 Å². The number of nitrogens with zero attached hydrogens (tertiary/aromatic N) is 1. The van der Waals surface area contributed by atoms with Gasteiger partial charge in [-0.15, -0.1) is 0 Å². The number of ether oxygens (including phenoxy) is 2. The molecule has 0 saturated carbocycles. The molecule has 0 saturated heterocycles. The van der Waals surface area contributed by atoms with Gasteiger partial charge in [-0.2, -0.15) is 0 Å². The van der Waals surface area contributed by atoms with Crippen LogP contribution in [0, 0.1) is 5.82 Å². The summed E-state index contributed by atoms with van der Waals surface area (Å²) in [5, 5.41) is 2.71. The number of aromatic nitrogens is 1. The number of carbonyl (C=O) groups excluding carboxylic acids is 3. The van der Waals surface area contributed by atoms with E-state index in [0.29, 0.717) is 24.8 Å². The molecule has 0 fully saturated rings. The lowest BCUT2D eigenvalue weighted by molar-refractivity contribution is 0.0538. The highest BCUT2D eigenvalue weighted by Crippen LogP contribution is 2.14. The summed E-state index contributed by atoms with van der Waals surface area (Å²) in [6, 6.07) is 13.5. The summed E-state index contributed by atoms with van der Waals surface area (Å²) in [6.45, 7) is 4.02. The first-order valence-electron chi connectivity index (χ1n) is 12.2. The van der Waals surface area contributed by atoms with Crippen molar-refractivity contribution in [2.45, 2.75) is 44.1 Å². The quantitative estimate of drug-likeness (QED) is 0.337. The van der Waals surface area contributed by atoms with E-state index >= 15 is 0 Å². The molecule has 39 heavy (non-hydrogen) atoms. The van der Waals surface area contributed by atoms with Crippen LogP contribution in [0.1, 0.15) is 53.0 Å². The second kappa shape index (κ2) is 13.5. The summed E-state index contributed by atoms with van der Waals surface area (Å²) >= 11 is 0. The molecule has 1 heterocycles. The maximum atomic E-state index is 13.0. The highest BCUT2D eigenvalue weighted by molar-refractivity contribution is 7.90. The summed E-state index contributed by atoms with van der Waals surface area (Å²) < 4.78 is 50.4. The Kier molecular flexibility index (Phi) is 10.1. The summed E-state index contributed by atoms with van der Waals surface area (Å²) in [5.41, 5.74) is 1.01. The zero-order valence-electron chi connectivity index (χ0n) is 21.3. The van der Waals surface area contributed by atoms with Crippen LogP contribution in [0.3, 0.4) is 0 Å². The van der Waals surface area contributed by atoms with Crippen molar-refractivity contribution >= 4 is 28.0 Å². The van der Waals surface area contributed by atoms with Gasteiger partial charge in [-0.3, -0.25) is 9.59 Å². The van der Waals surface area contributed by atoms with Gasteiger partial charge in [0.1, 0.15) is 11.9 Å². The van der Waals surface area contributed by atoms with Crippen molar-refractivity contribution < 1.29 is 36.7 Å². The Hall–Kier alpha value is -4.32. The number of rotatable bonds is 11. The average Bonchev–Trinajstić information content (AvgIpc) is 2.92. The van der Waals surface area contributed by atoms with Crippen LogP contribution in [0.5, 0.6) is 5.88 Å². The van der Waals surface area contributed by atoms with Crippen molar-refractivity contribution in [1.82, 2.24) is 15.0 Å². The molecule has 0 radical (unpaired) electrons. The smallest absolute Gasteiger partial charge is 0.431 e. The molecular weight excluding hydrogens is 529 g/mol. The molecule has 2 aromatic carbocycles. The van der Waals surface area contributed by atoms with Gasteiger partial charge in [-0.25, -0.2) is 27.3 Å². The molecule has 0 atom stereocenters. The molecule has 0 bridgehead atoms. The van der Waals surface area contributed by atoms with E-state index in [1.807, 2.05) is 18.6 Å². The lowest BCUT2D eigenvalue weighted by Crippen LogP contribution is -2.30. The number of benzene rings is 2. The van der Waals surface area contributed by atoms with Gasteiger partial charge in [-0.1, -0.05) is 26.0 Å². The third-order valence-electron chi connectivity index (χ3n) is 5.63. The summed E-state index contributed by atoms with van der Waals surface area (Å²) in [7, 11) is -4.18. The molecule has 0 unspecified atom stereocenters. The molecule has 1 aromatic heterocycles. The fourth-order valence-corrected chi connectivity index (χ4v) is 4.35. The first-order valence-corrected chi connectivity index (χ1v) is 13.6. The molecule has 2 N–H and O–H groups in total. The van der Waals surface area contributed by atoms with Crippen LogP contribution in [0.25, 0.3) is 0 Å². The van der Waals surface area contributed by atoms with E-state index < -0.39 is 27.9 Å². The minimum Gasteiger partial charge on any atom is -0.431 e. The Morgan fingerprint density at radius 2 is 1.54 bits per heavy atom. The largest absolute Gasteiger partial charge is 0.515 e. The normalized spacial score (nSPS) is 11.1. The average molecular weight is 558 g/mol. The Balaban J connectivity index is 1.52. The van der Waals surface area contributed by atoms with Crippen LogP contribution in [0.4, 0.5) is 9.18 Å². The number of carbonyl (C=O) groups is 3. The van der Waals surface area contributed by atoms with Crippen molar-refractivity contribution in [1.29, 1.82) is 0 Å². The molecule has 3 aromatic rings. The van der Waals surface area contributed by atoms with Crippen LogP contribution in [0.15, 0.2) is 71.8 Å². The van der Waals surface area contributed by atoms with Crippen LogP contribution in [-0.4, -0.2) is 44.0 Å². The van der Waals surface area contributed by atoms with Crippen LogP contribution in [-0.2, 0) is 21.2 Å². The van der Waals surface area contributed by atoms with E-state index in [0.717, 1.165) is 11.8 Å². The zero-order chi connectivity index (χ0) is 28.4. The van der Waals surface area contributed by atoms with Gasteiger partial charge in [0.2, 0.25) is 5.88 Å². The summed E-state index contributed by atoms with van der Waals surface area (Å²) in [5.74, 6) is -1.81. The second-order valence-corrected chi connectivity index (χ2v) is 10.1. The number of pyridine rings is 1.